The van der Waals surface area contributed by atoms with Crippen LogP contribution in [0, 0.1) is 5.92 Å². The molecule has 0 bridgehead atoms. The molecular weight excluding hydrogens is 256 g/mol. The predicted octanol–water partition coefficient (Wildman–Crippen LogP) is 1.61. The number of hydrogen-bond donors (Lipinski definition) is 2. The summed E-state index contributed by atoms with van der Waals surface area (Å²) in [6, 6.07) is -0.0806. The summed E-state index contributed by atoms with van der Waals surface area (Å²) in [5.41, 5.74) is 0. The van der Waals surface area contributed by atoms with E-state index in [1.165, 1.54) is 20.0 Å². The Hall–Kier alpha value is -1.10. The number of ether oxygens (including phenoxy) is 1. The first-order chi connectivity index (χ1) is 9.52. The predicted molar refractivity (Wildman–Crippen MR) is 78.3 cm³/mol. The van der Waals surface area contributed by atoms with Gasteiger partial charge in [0.2, 0.25) is 5.91 Å². The van der Waals surface area contributed by atoms with Crippen LogP contribution in [0.2, 0.25) is 0 Å². The smallest absolute Gasteiger partial charge is 0.328 e. The lowest BCUT2D eigenvalue weighted by Crippen LogP contribution is -2.43. The van der Waals surface area contributed by atoms with Crippen molar-refractivity contribution in [1.82, 2.24) is 10.6 Å². The third kappa shape index (κ3) is 6.37. The van der Waals surface area contributed by atoms with Crippen LogP contribution in [0.25, 0.3) is 0 Å². The summed E-state index contributed by atoms with van der Waals surface area (Å²) in [5.74, 6) is -0.0873. The monoisotopic (exact) mass is 284 g/mol. The van der Waals surface area contributed by atoms with Crippen LogP contribution in [-0.4, -0.2) is 37.6 Å². The zero-order chi connectivity index (χ0) is 15.0. The molecule has 0 aliphatic carbocycles. The Bertz CT molecular complexity index is 312. The van der Waals surface area contributed by atoms with Gasteiger partial charge in [0.05, 0.1) is 7.11 Å². The standard InChI is InChI=1S/C15H28N2O3/c1-11(2)10-13(15(19)20-3)17-14(18)8-7-12-6-4-5-9-16-12/h11-13,16H,4-10H2,1-3H3,(H,17,18). The molecule has 1 rings (SSSR count). The molecule has 0 saturated carbocycles. The molecule has 2 atom stereocenters. The average Bonchev–Trinajstić information content (AvgIpc) is 2.44. The average molecular weight is 284 g/mol. The molecule has 1 amide bonds. The summed E-state index contributed by atoms with van der Waals surface area (Å²) in [7, 11) is 1.35. The van der Waals surface area contributed by atoms with Crippen molar-refractivity contribution in [2.24, 2.45) is 5.92 Å². The van der Waals surface area contributed by atoms with Gasteiger partial charge in [-0.25, -0.2) is 4.79 Å². The van der Waals surface area contributed by atoms with E-state index in [0.29, 0.717) is 24.8 Å². The fraction of sp³-hybridized carbons (Fsp3) is 0.867. The van der Waals surface area contributed by atoms with Gasteiger partial charge in [0.25, 0.3) is 0 Å². The van der Waals surface area contributed by atoms with Gasteiger partial charge < -0.3 is 15.4 Å². The molecular formula is C15H28N2O3. The van der Waals surface area contributed by atoms with Crippen LogP contribution in [0.5, 0.6) is 0 Å². The molecule has 0 aromatic rings. The van der Waals surface area contributed by atoms with E-state index in [1.807, 2.05) is 13.8 Å². The minimum atomic E-state index is -0.521. The van der Waals surface area contributed by atoms with Gasteiger partial charge in [-0.1, -0.05) is 20.3 Å². The fourth-order valence-electron chi connectivity index (χ4n) is 2.57. The first kappa shape index (κ1) is 17.0. The second kappa shape index (κ2) is 8.95. The Morgan fingerprint density at radius 2 is 2.10 bits per heavy atom. The maximum atomic E-state index is 12.0. The first-order valence-corrected chi connectivity index (χ1v) is 7.63. The minimum absolute atomic E-state index is 0.0616. The van der Waals surface area contributed by atoms with Gasteiger partial charge in [-0.2, -0.15) is 0 Å². The highest BCUT2D eigenvalue weighted by Gasteiger charge is 2.23. The molecule has 0 aromatic carbocycles. The number of rotatable bonds is 7. The summed E-state index contributed by atoms with van der Waals surface area (Å²) < 4.78 is 4.74. The van der Waals surface area contributed by atoms with Crippen LogP contribution < -0.4 is 10.6 Å². The highest BCUT2D eigenvalue weighted by Crippen LogP contribution is 2.12. The Morgan fingerprint density at radius 3 is 2.65 bits per heavy atom. The lowest BCUT2D eigenvalue weighted by atomic mass is 10.00. The van der Waals surface area contributed by atoms with Crippen molar-refractivity contribution in [2.45, 2.75) is 64.5 Å². The molecule has 5 heteroatoms. The molecule has 1 aliphatic rings. The molecule has 2 N–H and O–H groups in total. The van der Waals surface area contributed by atoms with Crippen molar-refractivity contribution in [3.8, 4) is 0 Å². The number of esters is 1. The lowest BCUT2D eigenvalue weighted by Gasteiger charge is -2.23. The third-order valence-electron chi connectivity index (χ3n) is 3.66. The normalized spacial score (nSPS) is 20.5. The molecule has 0 radical (unpaired) electrons. The molecule has 2 unspecified atom stereocenters. The van der Waals surface area contributed by atoms with E-state index in [2.05, 4.69) is 10.6 Å². The van der Waals surface area contributed by atoms with Crippen LogP contribution in [0.15, 0.2) is 0 Å². The molecule has 0 spiro atoms. The van der Waals surface area contributed by atoms with Crippen molar-refractivity contribution in [3.05, 3.63) is 0 Å². The van der Waals surface area contributed by atoms with Gasteiger partial charge in [-0.15, -0.1) is 0 Å². The first-order valence-electron chi connectivity index (χ1n) is 7.63. The Balaban J connectivity index is 2.34. The van der Waals surface area contributed by atoms with Gasteiger partial charge in [-0.3, -0.25) is 4.79 Å². The zero-order valence-electron chi connectivity index (χ0n) is 12.9. The van der Waals surface area contributed by atoms with Crippen LogP contribution in [0.1, 0.15) is 52.4 Å². The number of methoxy groups -OCH3 is 1. The number of carbonyl (C=O) groups excluding carboxylic acids is 2. The fourth-order valence-corrected chi connectivity index (χ4v) is 2.57. The summed E-state index contributed by atoms with van der Waals surface area (Å²) in [6.07, 6.45) is 5.50. The molecule has 1 saturated heterocycles. The third-order valence-corrected chi connectivity index (χ3v) is 3.66. The van der Waals surface area contributed by atoms with E-state index >= 15 is 0 Å². The highest BCUT2D eigenvalue weighted by molar-refractivity contribution is 5.84. The van der Waals surface area contributed by atoms with Gasteiger partial charge >= 0.3 is 5.97 Å². The Morgan fingerprint density at radius 1 is 1.35 bits per heavy atom. The number of carbonyl (C=O) groups is 2. The largest absolute Gasteiger partial charge is 0.467 e. The molecule has 0 aromatic heterocycles. The summed E-state index contributed by atoms with van der Waals surface area (Å²) in [5, 5.41) is 6.22. The van der Waals surface area contributed by atoms with Gasteiger partial charge in [0.1, 0.15) is 6.04 Å². The van der Waals surface area contributed by atoms with Gasteiger partial charge in [0.15, 0.2) is 0 Å². The van der Waals surface area contributed by atoms with Crippen LogP contribution in [0.4, 0.5) is 0 Å². The minimum Gasteiger partial charge on any atom is -0.467 e. The van der Waals surface area contributed by atoms with E-state index in [0.717, 1.165) is 19.4 Å². The summed E-state index contributed by atoms with van der Waals surface area (Å²) in [6.45, 7) is 5.09. The maximum absolute atomic E-state index is 12.0. The van der Waals surface area contributed by atoms with Crippen LogP contribution in [-0.2, 0) is 14.3 Å². The van der Waals surface area contributed by atoms with E-state index in [9.17, 15) is 9.59 Å². The van der Waals surface area contributed by atoms with Crippen molar-refractivity contribution in [2.75, 3.05) is 13.7 Å². The van der Waals surface area contributed by atoms with Crippen LogP contribution in [0.3, 0.4) is 0 Å². The molecule has 1 heterocycles. The second-order valence-corrected chi connectivity index (χ2v) is 5.96. The van der Waals surface area contributed by atoms with Crippen molar-refractivity contribution >= 4 is 11.9 Å². The number of amides is 1. The summed E-state index contributed by atoms with van der Waals surface area (Å²) >= 11 is 0. The molecule has 1 fully saturated rings. The van der Waals surface area contributed by atoms with E-state index in [-0.39, 0.29) is 11.9 Å². The maximum Gasteiger partial charge on any atom is 0.328 e. The SMILES string of the molecule is COC(=O)C(CC(C)C)NC(=O)CCC1CCCCN1. The van der Waals surface area contributed by atoms with Crippen molar-refractivity contribution in [1.29, 1.82) is 0 Å². The van der Waals surface area contributed by atoms with E-state index < -0.39 is 6.04 Å². The van der Waals surface area contributed by atoms with E-state index in [1.54, 1.807) is 0 Å². The Kier molecular flexibility index (Phi) is 7.59. The number of nitrogens with one attached hydrogen (secondary N) is 2. The van der Waals surface area contributed by atoms with E-state index in [4.69, 9.17) is 4.74 Å². The van der Waals surface area contributed by atoms with Gasteiger partial charge in [-0.05, 0) is 38.1 Å². The topological polar surface area (TPSA) is 67.4 Å². The highest BCUT2D eigenvalue weighted by atomic mass is 16.5. The number of piperidine rings is 1. The van der Waals surface area contributed by atoms with Crippen molar-refractivity contribution < 1.29 is 14.3 Å². The van der Waals surface area contributed by atoms with Crippen molar-refractivity contribution in [3.63, 3.8) is 0 Å². The van der Waals surface area contributed by atoms with Crippen LogP contribution >= 0.6 is 0 Å². The summed E-state index contributed by atoms with van der Waals surface area (Å²) in [4.78, 5) is 23.6. The lowest BCUT2D eigenvalue weighted by molar-refractivity contribution is -0.145. The Labute approximate surface area is 121 Å². The molecule has 1 aliphatic heterocycles. The number of hydrogen-bond acceptors (Lipinski definition) is 4. The zero-order valence-corrected chi connectivity index (χ0v) is 12.9. The molecule has 20 heavy (non-hydrogen) atoms. The molecule has 5 nitrogen and oxygen atoms in total. The molecule has 116 valence electrons. The quantitative estimate of drug-likeness (QED) is 0.697. The second-order valence-electron chi connectivity index (χ2n) is 5.96. The van der Waals surface area contributed by atoms with Gasteiger partial charge in [0, 0.05) is 12.5 Å².